The molecule has 0 aliphatic heterocycles. The van der Waals surface area contributed by atoms with Crippen LogP contribution >= 0.6 is 50.7 Å². The summed E-state index contributed by atoms with van der Waals surface area (Å²) >= 11 is 20.8. The van der Waals surface area contributed by atoms with Gasteiger partial charge >= 0.3 is 0 Å². The number of aromatic nitrogens is 2. The van der Waals surface area contributed by atoms with Gasteiger partial charge < -0.3 is 4.74 Å². The van der Waals surface area contributed by atoms with Gasteiger partial charge in [-0.1, -0.05) is 40.9 Å². The van der Waals surface area contributed by atoms with Crippen LogP contribution in [0.4, 0.5) is 4.39 Å². The summed E-state index contributed by atoms with van der Waals surface area (Å²) < 4.78 is 20.6. The molecular formula is C17H9BrCl3FN2O2. The van der Waals surface area contributed by atoms with Gasteiger partial charge in [0.15, 0.2) is 5.75 Å². The molecule has 0 spiro atoms. The van der Waals surface area contributed by atoms with Crippen molar-refractivity contribution in [1.29, 1.82) is 0 Å². The number of benzene rings is 2. The van der Waals surface area contributed by atoms with E-state index < -0.39 is 11.4 Å². The molecule has 1 aromatic heterocycles. The Balaban J connectivity index is 1.87. The summed E-state index contributed by atoms with van der Waals surface area (Å²) in [5.74, 6) is -0.314. The maximum Gasteiger partial charge on any atom is 0.289 e. The van der Waals surface area contributed by atoms with Crippen molar-refractivity contribution in [3.63, 3.8) is 0 Å². The quantitative estimate of drug-likeness (QED) is 0.485. The lowest BCUT2D eigenvalue weighted by Crippen LogP contribution is -2.22. The Bertz CT molecular complexity index is 1040. The summed E-state index contributed by atoms with van der Waals surface area (Å²) in [4.78, 5) is 12.5. The van der Waals surface area contributed by atoms with Crippen LogP contribution in [0, 0.1) is 5.82 Å². The van der Waals surface area contributed by atoms with Gasteiger partial charge in [-0.05, 0) is 46.3 Å². The normalized spacial score (nSPS) is 10.8. The monoisotopic (exact) mass is 476 g/mol. The molecule has 0 atom stereocenters. The highest BCUT2D eigenvalue weighted by molar-refractivity contribution is 9.10. The van der Waals surface area contributed by atoms with E-state index >= 15 is 0 Å². The second-order valence-electron chi connectivity index (χ2n) is 5.16. The third kappa shape index (κ3) is 4.04. The van der Waals surface area contributed by atoms with Crippen molar-refractivity contribution in [1.82, 2.24) is 9.78 Å². The summed E-state index contributed by atoms with van der Waals surface area (Å²) in [6.07, 6.45) is 1.35. The maximum atomic E-state index is 13.8. The maximum absolute atomic E-state index is 13.8. The largest absolute Gasteiger partial charge is 0.486 e. The fourth-order valence-corrected chi connectivity index (χ4v) is 2.95. The van der Waals surface area contributed by atoms with Gasteiger partial charge in [0, 0.05) is 10.6 Å². The van der Waals surface area contributed by atoms with Gasteiger partial charge in [0.1, 0.15) is 16.9 Å². The van der Waals surface area contributed by atoms with Crippen LogP contribution in [0.5, 0.6) is 5.75 Å². The van der Waals surface area contributed by atoms with Crippen molar-refractivity contribution < 1.29 is 9.13 Å². The van der Waals surface area contributed by atoms with Crippen LogP contribution in [0.3, 0.4) is 0 Å². The van der Waals surface area contributed by atoms with Gasteiger partial charge in [-0.15, -0.1) is 0 Å². The van der Waals surface area contributed by atoms with E-state index in [-0.39, 0.29) is 16.8 Å². The minimum absolute atomic E-state index is 0.0838. The van der Waals surface area contributed by atoms with E-state index in [4.69, 9.17) is 39.5 Å². The standard InChI is InChI=1S/C17H9BrCl3FN2O2/c18-16-15(26-8-9-1-2-10(19)5-14(9)22)7-23-24(17(16)25)11-3-4-12(20)13(21)6-11/h1-7H,8H2. The minimum Gasteiger partial charge on any atom is -0.486 e. The van der Waals surface area contributed by atoms with E-state index in [0.717, 1.165) is 4.68 Å². The molecule has 0 saturated heterocycles. The van der Waals surface area contributed by atoms with E-state index in [1.807, 2.05) is 0 Å². The van der Waals surface area contributed by atoms with Crippen LogP contribution in [0.1, 0.15) is 5.56 Å². The minimum atomic E-state index is -0.495. The highest BCUT2D eigenvalue weighted by Crippen LogP contribution is 2.26. The van der Waals surface area contributed by atoms with Crippen molar-refractivity contribution in [2.75, 3.05) is 0 Å². The molecule has 0 radical (unpaired) electrons. The van der Waals surface area contributed by atoms with Gasteiger partial charge in [0.25, 0.3) is 5.56 Å². The van der Waals surface area contributed by atoms with Crippen molar-refractivity contribution in [2.45, 2.75) is 6.61 Å². The molecule has 26 heavy (non-hydrogen) atoms. The average molecular weight is 479 g/mol. The lowest BCUT2D eigenvalue weighted by atomic mass is 10.2. The summed E-state index contributed by atoms with van der Waals surface area (Å²) in [6, 6.07) is 8.95. The Morgan fingerprint density at radius 1 is 1.12 bits per heavy atom. The van der Waals surface area contributed by atoms with E-state index in [9.17, 15) is 9.18 Å². The van der Waals surface area contributed by atoms with Crippen LogP contribution in [-0.2, 0) is 6.61 Å². The third-order valence-corrected chi connectivity index (χ3v) is 5.14. The Kier molecular flexibility index (Phi) is 5.87. The molecule has 3 rings (SSSR count). The van der Waals surface area contributed by atoms with Gasteiger partial charge in [-0.3, -0.25) is 4.79 Å². The Hall–Kier alpha value is -1.60. The summed E-state index contributed by atoms with van der Waals surface area (Å²) in [5.41, 5.74) is 0.285. The SMILES string of the molecule is O=c1c(Br)c(OCc2ccc(Cl)cc2F)cnn1-c1ccc(Cl)c(Cl)c1. The first-order valence-corrected chi connectivity index (χ1v) is 9.09. The molecule has 0 N–H and O–H groups in total. The molecule has 0 aliphatic carbocycles. The topological polar surface area (TPSA) is 44.1 Å². The molecule has 134 valence electrons. The molecule has 0 aliphatic rings. The molecule has 2 aromatic carbocycles. The number of hydrogen-bond donors (Lipinski definition) is 0. The lowest BCUT2D eigenvalue weighted by molar-refractivity contribution is 0.295. The second kappa shape index (κ2) is 7.96. The van der Waals surface area contributed by atoms with Crippen molar-refractivity contribution in [3.8, 4) is 11.4 Å². The Morgan fingerprint density at radius 2 is 1.88 bits per heavy atom. The molecule has 9 heteroatoms. The van der Waals surface area contributed by atoms with Gasteiger partial charge in [0.05, 0.1) is 21.9 Å². The second-order valence-corrected chi connectivity index (χ2v) is 7.21. The Labute approximate surface area is 171 Å². The molecule has 1 heterocycles. The summed E-state index contributed by atoms with van der Waals surface area (Å²) in [6.45, 7) is -0.0838. The number of rotatable bonds is 4. The molecule has 0 amide bonds. The van der Waals surface area contributed by atoms with Crippen molar-refractivity contribution in [2.24, 2.45) is 0 Å². The predicted molar refractivity (Wildman–Crippen MR) is 103 cm³/mol. The zero-order chi connectivity index (χ0) is 18.8. The summed E-state index contributed by atoms with van der Waals surface area (Å²) in [7, 11) is 0. The number of nitrogens with zero attached hydrogens (tertiary/aromatic N) is 2. The summed E-state index contributed by atoms with van der Waals surface area (Å²) in [5, 5.41) is 5.02. The number of halogens is 5. The highest BCUT2D eigenvalue weighted by atomic mass is 79.9. The van der Waals surface area contributed by atoms with Crippen LogP contribution in [-0.4, -0.2) is 9.78 Å². The van der Waals surface area contributed by atoms with E-state index in [0.29, 0.717) is 26.3 Å². The average Bonchev–Trinajstić information content (AvgIpc) is 2.60. The Morgan fingerprint density at radius 3 is 2.58 bits per heavy atom. The number of hydrogen-bond acceptors (Lipinski definition) is 3. The fourth-order valence-electron chi connectivity index (χ4n) is 2.11. The fraction of sp³-hybridized carbons (Fsp3) is 0.0588. The predicted octanol–water partition coefficient (Wildman–Crippen LogP) is 5.67. The van der Waals surface area contributed by atoms with Gasteiger partial charge in [-0.25, -0.2) is 4.39 Å². The molecule has 0 saturated carbocycles. The van der Waals surface area contributed by atoms with E-state index in [2.05, 4.69) is 21.0 Å². The van der Waals surface area contributed by atoms with Gasteiger partial charge in [0.2, 0.25) is 0 Å². The van der Waals surface area contributed by atoms with Gasteiger partial charge in [-0.2, -0.15) is 9.78 Å². The smallest absolute Gasteiger partial charge is 0.289 e. The molecular weight excluding hydrogens is 469 g/mol. The van der Waals surface area contributed by atoms with Crippen molar-refractivity contribution >= 4 is 50.7 Å². The van der Waals surface area contributed by atoms with E-state index in [1.54, 1.807) is 18.2 Å². The van der Waals surface area contributed by atoms with Crippen molar-refractivity contribution in [3.05, 3.63) is 83.9 Å². The first kappa shape index (κ1) is 19.2. The first-order chi connectivity index (χ1) is 12.4. The van der Waals surface area contributed by atoms with Crippen LogP contribution in [0.2, 0.25) is 15.1 Å². The lowest BCUT2D eigenvalue weighted by Gasteiger charge is -2.11. The van der Waals surface area contributed by atoms with Crippen LogP contribution in [0.15, 0.2) is 51.9 Å². The first-order valence-electron chi connectivity index (χ1n) is 7.17. The number of ether oxygens (including phenoxy) is 1. The van der Waals surface area contributed by atoms with E-state index in [1.165, 1.54) is 24.4 Å². The molecule has 4 nitrogen and oxygen atoms in total. The zero-order valence-electron chi connectivity index (χ0n) is 12.8. The third-order valence-electron chi connectivity index (χ3n) is 3.43. The molecule has 0 unspecified atom stereocenters. The zero-order valence-corrected chi connectivity index (χ0v) is 16.7. The molecule has 0 bridgehead atoms. The molecule has 0 fully saturated rings. The highest BCUT2D eigenvalue weighted by Gasteiger charge is 2.13. The molecule has 3 aromatic rings. The van der Waals surface area contributed by atoms with Crippen LogP contribution in [0.25, 0.3) is 5.69 Å². The van der Waals surface area contributed by atoms with Crippen LogP contribution < -0.4 is 10.3 Å².